The van der Waals surface area contributed by atoms with Crippen LogP contribution >= 0.6 is 0 Å². The maximum Gasteiger partial charge on any atom is 0.230 e. The number of nitrogens with one attached hydrogen (secondary N) is 1. The van der Waals surface area contributed by atoms with Crippen molar-refractivity contribution in [2.45, 2.75) is 66.5 Å². The van der Waals surface area contributed by atoms with Crippen molar-refractivity contribution in [3.8, 4) is 0 Å². The zero-order valence-corrected chi connectivity index (χ0v) is 15.9. The second-order valence-corrected chi connectivity index (χ2v) is 7.69. The molecule has 25 heavy (non-hydrogen) atoms. The van der Waals surface area contributed by atoms with Crippen LogP contribution in [0.2, 0.25) is 0 Å². The molecule has 1 atom stereocenters. The van der Waals surface area contributed by atoms with E-state index in [0.717, 1.165) is 29.3 Å². The first-order valence-electron chi connectivity index (χ1n) is 9.23. The van der Waals surface area contributed by atoms with Gasteiger partial charge < -0.3 is 5.32 Å². The van der Waals surface area contributed by atoms with Gasteiger partial charge in [-0.25, -0.2) is 4.68 Å². The number of carbonyl (C=O) groups excluding carboxylic acids is 1. The molecule has 0 aliphatic heterocycles. The summed E-state index contributed by atoms with van der Waals surface area (Å²) >= 11 is 0. The molecular formula is C19H29N5O. The van der Waals surface area contributed by atoms with E-state index in [0.29, 0.717) is 24.3 Å². The van der Waals surface area contributed by atoms with Gasteiger partial charge in [0.2, 0.25) is 5.91 Å². The van der Waals surface area contributed by atoms with Gasteiger partial charge >= 0.3 is 0 Å². The maximum atomic E-state index is 12.6. The molecule has 2 aromatic heterocycles. The fraction of sp³-hybridized carbons (Fsp3) is 0.632. The van der Waals surface area contributed by atoms with E-state index in [2.05, 4.69) is 36.3 Å². The fourth-order valence-electron chi connectivity index (χ4n) is 3.38. The third kappa shape index (κ3) is 3.94. The van der Waals surface area contributed by atoms with Crippen LogP contribution in [0.25, 0.3) is 0 Å². The molecule has 3 rings (SSSR count). The Morgan fingerprint density at radius 3 is 2.68 bits per heavy atom. The Kier molecular flexibility index (Phi) is 4.97. The highest BCUT2D eigenvalue weighted by atomic mass is 16.1. The predicted molar refractivity (Wildman–Crippen MR) is 98.5 cm³/mol. The maximum absolute atomic E-state index is 12.6. The Balaban J connectivity index is 1.69. The first-order valence-corrected chi connectivity index (χ1v) is 9.23. The highest BCUT2D eigenvalue weighted by Crippen LogP contribution is 2.40. The molecule has 1 unspecified atom stereocenters. The van der Waals surface area contributed by atoms with E-state index >= 15 is 0 Å². The van der Waals surface area contributed by atoms with Gasteiger partial charge in [0.25, 0.3) is 0 Å². The van der Waals surface area contributed by atoms with Crippen molar-refractivity contribution in [3.63, 3.8) is 0 Å². The smallest absolute Gasteiger partial charge is 0.230 e. The molecule has 0 spiro atoms. The molecule has 1 amide bonds. The van der Waals surface area contributed by atoms with Crippen molar-refractivity contribution >= 4 is 11.7 Å². The number of amides is 1. The molecule has 0 aromatic carbocycles. The summed E-state index contributed by atoms with van der Waals surface area (Å²) < 4.78 is 3.96. The number of hydrogen-bond donors (Lipinski definition) is 1. The van der Waals surface area contributed by atoms with Crippen LogP contribution in [0, 0.1) is 25.7 Å². The number of nitrogens with zero attached hydrogens (tertiary/aromatic N) is 4. The highest BCUT2D eigenvalue weighted by Gasteiger charge is 2.30. The largest absolute Gasteiger partial charge is 0.311 e. The van der Waals surface area contributed by atoms with Crippen LogP contribution in [0.4, 0.5) is 5.82 Å². The van der Waals surface area contributed by atoms with Crippen LogP contribution in [0.5, 0.6) is 0 Å². The second-order valence-electron chi connectivity index (χ2n) is 7.69. The molecular weight excluding hydrogens is 314 g/mol. The molecule has 0 saturated heterocycles. The summed E-state index contributed by atoms with van der Waals surface area (Å²) in [4.78, 5) is 12.6. The third-order valence-corrected chi connectivity index (χ3v) is 5.03. The van der Waals surface area contributed by atoms with Crippen molar-refractivity contribution in [3.05, 3.63) is 29.2 Å². The zero-order valence-electron chi connectivity index (χ0n) is 15.9. The first kappa shape index (κ1) is 17.7. The van der Waals surface area contributed by atoms with Crippen LogP contribution in [0.1, 0.15) is 56.6 Å². The number of anilines is 1. The van der Waals surface area contributed by atoms with Crippen LogP contribution in [-0.4, -0.2) is 25.5 Å². The van der Waals surface area contributed by atoms with Gasteiger partial charge in [0, 0.05) is 23.9 Å². The van der Waals surface area contributed by atoms with Gasteiger partial charge in [0.15, 0.2) is 0 Å². The van der Waals surface area contributed by atoms with E-state index < -0.39 is 0 Å². The number of aromatic nitrogens is 4. The average molecular weight is 343 g/mol. The quantitative estimate of drug-likeness (QED) is 0.837. The summed E-state index contributed by atoms with van der Waals surface area (Å²) in [6, 6.07) is 2.21. The summed E-state index contributed by atoms with van der Waals surface area (Å²) in [5.41, 5.74) is 3.05. The monoisotopic (exact) mass is 343 g/mol. The number of carbonyl (C=O) groups is 1. The molecule has 6 heteroatoms. The average Bonchev–Trinajstić information content (AvgIpc) is 3.24. The minimum atomic E-state index is -0.0138. The molecule has 0 bridgehead atoms. The lowest BCUT2D eigenvalue weighted by Gasteiger charge is -2.15. The van der Waals surface area contributed by atoms with E-state index in [-0.39, 0.29) is 5.91 Å². The molecule has 1 aliphatic carbocycles. The van der Waals surface area contributed by atoms with Gasteiger partial charge in [0.05, 0.1) is 24.4 Å². The molecule has 2 aromatic rings. The lowest BCUT2D eigenvalue weighted by Crippen LogP contribution is -2.20. The third-order valence-electron chi connectivity index (χ3n) is 5.03. The van der Waals surface area contributed by atoms with Crippen LogP contribution in [0.3, 0.4) is 0 Å². The molecule has 6 nitrogen and oxygen atoms in total. The first-order chi connectivity index (χ1) is 11.9. The van der Waals surface area contributed by atoms with Gasteiger partial charge in [-0.1, -0.05) is 13.8 Å². The normalized spacial score (nSPS) is 15.6. The highest BCUT2D eigenvalue weighted by molar-refractivity contribution is 5.91. The van der Waals surface area contributed by atoms with E-state index in [9.17, 15) is 4.79 Å². The summed E-state index contributed by atoms with van der Waals surface area (Å²) in [5, 5.41) is 12.0. The van der Waals surface area contributed by atoms with E-state index in [1.54, 1.807) is 6.20 Å². The van der Waals surface area contributed by atoms with E-state index in [1.165, 1.54) is 12.8 Å². The van der Waals surface area contributed by atoms with Crippen molar-refractivity contribution in [1.29, 1.82) is 0 Å². The number of aryl methyl sites for hydroxylation is 1. The minimum Gasteiger partial charge on any atom is -0.311 e. The van der Waals surface area contributed by atoms with Gasteiger partial charge in [-0.3, -0.25) is 9.48 Å². The van der Waals surface area contributed by atoms with Crippen molar-refractivity contribution in [2.24, 2.45) is 11.8 Å². The topological polar surface area (TPSA) is 64.7 Å². The lowest BCUT2D eigenvalue weighted by molar-refractivity contribution is -0.115. The summed E-state index contributed by atoms with van der Waals surface area (Å²) in [7, 11) is 0. The van der Waals surface area contributed by atoms with Crippen LogP contribution < -0.4 is 5.32 Å². The van der Waals surface area contributed by atoms with Gasteiger partial charge in [-0.15, -0.1) is 0 Å². The van der Waals surface area contributed by atoms with Gasteiger partial charge in [0.1, 0.15) is 5.82 Å². The Hall–Kier alpha value is -2.11. The van der Waals surface area contributed by atoms with E-state index in [4.69, 9.17) is 0 Å². The molecule has 1 N–H and O–H groups in total. The minimum absolute atomic E-state index is 0.0138. The Bertz CT molecular complexity index is 754. The van der Waals surface area contributed by atoms with E-state index in [1.807, 2.05) is 29.3 Å². The van der Waals surface area contributed by atoms with Crippen LogP contribution in [-0.2, 0) is 17.8 Å². The van der Waals surface area contributed by atoms with Crippen LogP contribution in [0.15, 0.2) is 12.3 Å². The summed E-state index contributed by atoms with van der Waals surface area (Å²) in [6.07, 6.45) is 4.61. The zero-order chi connectivity index (χ0) is 18.1. The number of rotatable bonds is 7. The number of hydrogen-bond acceptors (Lipinski definition) is 3. The van der Waals surface area contributed by atoms with Crippen molar-refractivity contribution in [1.82, 2.24) is 19.6 Å². The molecule has 1 saturated carbocycles. The molecule has 1 fully saturated rings. The predicted octanol–water partition coefficient (Wildman–Crippen LogP) is 3.50. The Labute approximate surface area is 149 Å². The molecule has 1 aliphatic rings. The molecule has 136 valence electrons. The fourth-order valence-corrected chi connectivity index (χ4v) is 3.38. The Morgan fingerprint density at radius 1 is 1.32 bits per heavy atom. The van der Waals surface area contributed by atoms with Crippen molar-refractivity contribution < 1.29 is 4.79 Å². The summed E-state index contributed by atoms with van der Waals surface area (Å²) in [5.74, 6) is 1.99. The standard InChI is InChI=1S/C19H29N5O/c1-12(2)11-23-15(5)17(13(3)22-23)10-19(25)21-18-8-9-20-24(18)14(4)16-6-7-16/h8-9,12,14,16H,6-7,10-11H2,1-5H3,(H,21,25). The van der Waals surface area contributed by atoms with Gasteiger partial charge in [-0.2, -0.15) is 10.2 Å². The second kappa shape index (κ2) is 7.02. The SMILES string of the molecule is Cc1nn(CC(C)C)c(C)c1CC(=O)Nc1ccnn1C(C)C1CC1. The van der Waals surface area contributed by atoms with Gasteiger partial charge in [-0.05, 0) is 45.4 Å². The molecule has 2 heterocycles. The van der Waals surface area contributed by atoms with Crippen molar-refractivity contribution in [2.75, 3.05) is 5.32 Å². The lowest BCUT2D eigenvalue weighted by atomic mass is 10.1. The Morgan fingerprint density at radius 2 is 2.04 bits per heavy atom. The molecule has 0 radical (unpaired) electrons. The summed E-state index contributed by atoms with van der Waals surface area (Å²) in [6.45, 7) is 11.4.